The van der Waals surface area contributed by atoms with E-state index in [0.717, 1.165) is 25.9 Å². The Balaban J connectivity index is 1.66. The van der Waals surface area contributed by atoms with Crippen LogP contribution in [0.3, 0.4) is 0 Å². The average molecular weight is 297 g/mol. The standard InChI is InChI=1S/C17H19N3O2/c21-17(20-14-4-2-8-19-12-14)13-3-1-5-16(11-13)22-15-6-9-18-10-7-15/h1,3,5-7,9-11,14,19H,2,4,8,12H2,(H,20,21). The lowest BCUT2D eigenvalue weighted by Crippen LogP contribution is -2.45. The zero-order valence-corrected chi connectivity index (χ0v) is 12.3. The number of amides is 1. The Kier molecular flexibility index (Phi) is 4.65. The first kappa shape index (κ1) is 14.5. The Morgan fingerprint density at radius 2 is 2.09 bits per heavy atom. The van der Waals surface area contributed by atoms with E-state index in [0.29, 0.717) is 17.1 Å². The zero-order valence-electron chi connectivity index (χ0n) is 12.3. The third kappa shape index (κ3) is 3.83. The Morgan fingerprint density at radius 1 is 1.23 bits per heavy atom. The molecule has 2 aromatic rings. The second-order valence-electron chi connectivity index (χ2n) is 5.33. The molecule has 1 aliphatic rings. The average Bonchev–Trinajstić information content (AvgIpc) is 2.57. The molecule has 1 amide bonds. The summed E-state index contributed by atoms with van der Waals surface area (Å²) < 4.78 is 5.73. The van der Waals surface area contributed by atoms with Crippen LogP contribution in [0.4, 0.5) is 0 Å². The highest BCUT2D eigenvalue weighted by atomic mass is 16.5. The van der Waals surface area contributed by atoms with Gasteiger partial charge in [-0.2, -0.15) is 0 Å². The van der Waals surface area contributed by atoms with Gasteiger partial charge in [-0.1, -0.05) is 6.07 Å². The molecule has 1 fully saturated rings. The summed E-state index contributed by atoms with van der Waals surface area (Å²) in [5, 5.41) is 6.35. The second kappa shape index (κ2) is 7.04. The van der Waals surface area contributed by atoms with E-state index >= 15 is 0 Å². The van der Waals surface area contributed by atoms with E-state index in [2.05, 4.69) is 15.6 Å². The maximum absolute atomic E-state index is 12.3. The summed E-state index contributed by atoms with van der Waals surface area (Å²) in [6.45, 7) is 1.86. The molecule has 0 saturated carbocycles. The van der Waals surface area contributed by atoms with Crippen LogP contribution in [-0.4, -0.2) is 30.0 Å². The lowest BCUT2D eigenvalue weighted by molar-refractivity contribution is 0.0930. The molecule has 5 heteroatoms. The summed E-state index contributed by atoms with van der Waals surface area (Å²) in [4.78, 5) is 16.3. The Morgan fingerprint density at radius 3 is 2.86 bits per heavy atom. The van der Waals surface area contributed by atoms with E-state index in [4.69, 9.17) is 4.74 Å². The van der Waals surface area contributed by atoms with Gasteiger partial charge in [0, 0.05) is 30.5 Å². The van der Waals surface area contributed by atoms with Crippen LogP contribution in [-0.2, 0) is 0 Å². The number of benzene rings is 1. The van der Waals surface area contributed by atoms with Crippen molar-refractivity contribution in [2.24, 2.45) is 0 Å². The Bertz CT molecular complexity index is 625. The molecule has 1 aromatic heterocycles. The number of ether oxygens (including phenoxy) is 1. The van der Waals surface area contributed by atoms with Crippen LogP contribution >= 0.6 is 0 Å². The normalized spacial score (nSPS) is 17.7. The van der Waals surface area contributed by atoms with E-state index < -0.39 is 0 Å². The first-order valence-electron chi connectivity index (χ1n) is 7.51. The van der Waals surface area contributed by atoms with E-state index in [1.807, 2.05) is 12.1 Å². The smallest absolute Gasteiger partial charge is 0.251 e. The summed E-state index contributed by atoms with van der Waals surface area (Å²) in [6, 6.07) is 11.0. The molecule has 0 spiro atoms. The van der Waals surface area contributed by atoms with Gasteiger partial charge in [-0.25, -0.2) is 0 Å². The van der Waals surface area contributed by atoms with E-state index in [-0.39, 0.29) is 11.9 Å². The largest absolute Gasteiger partial charge is 0.457 e. The molecule has 0 radical (unpaired) electrons. The molecule has 1 aromatic carbocycles. The zero-order chi connectivity index (χ0) is 15.2. The molecule has 2 heterocycles. The molecule has 5 nitrogen and oxygen atoms in total. The maximum Gasteiger partial charge on any atom is 0.251 e. The summed E-state index contributed by atoms with van der Waals surface area (Å²) in [5.74, 6) is 1.28. The van der Waals surface area contributed by atoms with Crippen molar-refractivity contribution in [3.05, 3.63) is 54.4 Å². The van der Waals surface area contributed by atoms with Crippen molar-refractivity contribution in [3.63, 3.8) is 0 Å². The van der Waals surface area contributed by atoms with Crippen LogP contribution < -0.4 is 15.4 Å². The number of piperidine rings is 1. The molecular weight excluding hydrogens is 278 g/mol. The number of hydrogen-bond acceptors (Lipinski definition) is 4. The monoisotopic (exact) mass is 297 g/mol. The van der Waals surface area contributed by atoms with Gasteiger partial charge in [0.25, 0.3) is 5.91 Å². The predicted molar refractivity (Wildman–Crippen MR) is 84.1 cm³/mol. The number of nitrogens with zero attached hydrogens (tertiary/aromatic N) is 1. The predicted octanol–water partition coefficient (Wildman–Crippen LogP) is 2.36. The highest BCUT2D eigenvalue weighted by Crippen LogP contribution is 2.21. The van der Waals surface area contributed by atoms with Crippen molar-refractivity contribution in [1.29, 1.82) is 0 Å². The fourth-order valence-corrected chi connectivity index (χ4v) is 2.49. The maximum atomic E-state index is 12.3. The quantitative estimate of drug-likeness (QED) is 0.909. The van der Waals surface area contributed by atoms with Gasteiger partial charge < -0.3 is 15.4 Å². The first-order chi connectivity index (χ1) is 10.8. The minimum absolute atomic E-state index is 0.0612. The Labute approximate surface area is 129 Å². The van der Waals surface area contributed by atoms with Crippen molar-refractivity contribution >= 4 is 5.91 Å². The molecule has 2 N–H and O–H groups in total. The lowest BCUT2D eigenvalue weighted by atomic mass is 10.1. The van der Waals surface area contributed by atoms with Gasteiger partial charge in [-0.05, 0) is 49.7 Å². The fraction of sp³-hybridized carbons (Fsp3) is 0.294. The third-order valence-electron chi connectivity index (χ3n) is 3.61. The van der Waals surface area contributed by atoms with Gasteiger partial charge in [-0.15, -0.1) is 0 Å². The molecule has 0 aliphatic carbocycles. The number of hydrogen-bond donors (Lipinski definition) is 2. The van der Waals surface area contributed by atoms with Gasteiger partial charge in [0.2, 0.25) is 0 Å². The summed E-state index contributed by atoms with van der Waals surface area (Å²) in [5.41, 5.74) is 0.608. The molecule has 0 bridgehead atoms. The fourth-order valence-electron chi connectivity index (χ4n) is 2.49. The SMILES string of the molecule is O=C(NC1CCCNC1)c1cccc(Oc2ccncc2)c1. The minimum Gasteiger partial charge on any atom is -0.457 e. The topological polar surface area (TPSA) is 63.2 Å². The van der Waals surface area contributed by atoms with Gasteiger partial charge in [-0.3, -0.25) is 9.78 Å². The summed E-state index contributed by atoms with van der Waals surface area (Å²) >= 11 is 0. The molecule has 22 heavy (non-hydrogen) atoms. The van der Waals surface area contributed by atoms with Gasteiger partial charge in [0.1, 0.15) is 11.5 Å². The van der Waals surface area contributed by atoms with Crippen LogP contribution in [0.25, 0.3) is 0 Å². The number of rotatable bonds is 4. The van der Waals surface area contributed by atoms with E-state index in [9.17, 15) is 4.79 Å². The number of aromatic nitrogens is 1. The highest BCUT2D eigenvalue weighted by molar-refractivity contribution is 5.94. The third-order valence-corrected chi connectivity index (χ3v) is 3.61. The molecule has 1 atom stereocenters. The summed E-state index contributed by atoms with van der Waals surface area (Å²) in [6.07, 6.45) is 5.45. The van der Waals surface area contributed by atoms with Gasteiger partial charge in [0.15, 0.2) is 0 Å². The number of pyridine rings is 1. The van der Waals surface area contributed by atoms with Crippen LogP contribution in [0.2, 0.25) is 0 Å². The van der Waals surface area contributed by atoms with Crippen LogP contribution in [0.15, 0.2) is 48.8 Å². The van der Waals surface area contributed by atoms with Crippen molar-refractivity contribution in [1.82, 2.24) is 15.6 Å². The van der Waals surface area contributed by atoms with Gasteiger partial charge in [0.05, 0.1) is 0 Å². The van der Waals surface area contributed by atoms with Gasteiger partial charge >= 0.3 is 0 Å². The van der Waals surface area contributed by atoms with Crippen molar-refractivity contribution in [2.75, 3.05) is 13.1 Å². The molecule has 1 unspecified atom stereocenters. The van der Waals surface area contributed by atoms with Crippen molar-refractivity contribution < 1.29 is 9.53 Å². The van der Waals surface area contributed by atoms with Crippen LogP contribution in [0, 0.1) is 0 Å². The Hall–Kier alpha value is -2.40. The van der Waals surface area contributed by atoms with Crippen molar-refractivity contribution in [3.8, 4) is 11.5 Å². The second-order valence-corrected chi connectivity index (χ2v) is 5.33. The first-order valence-corrected chi connectivity index (χ1v) is 7.51. The molecular formula is C17H19N3O2. The van der Waals surface area contributed by atoms with Crippen molar-refractivity contribution in [2.45, 2.75) is 18.9 Å². The number of carbonyl (C=O) groups is 1. The number of carbonyl (C=O) groups excluding carboxylic acids is 1. The molecule has 114 valence electrons. The van der Waals surface area contributed by atoms with Crippen LogP contribution in [0.1, 0.15) is 23.2 Å². The molecule has 3 rings (SSSR count). The molecule has 1 saturated heterocycles. The number of nitrogens with one attached hydrogen (secondary N) is 2. The van der Waals surface area contributed by atoms with E-state index in [1.54, 1.807) is 36.7 Å². The summed E-state index contributed by atoms with van der Waals surface area (Å²) in [7, 11) is 0. The minimum atomic E-state index is -0.0612. The van der Waals surface area contributed by atoms with Crippen LogP contribution in [0.5, 0.6) is 11.5 Å². The van der Waals surface area contributed by atoms with E-state index in [1.165, 1.54) is 0 Å². The molecule has 1 aliphatic heterocycles. The lowest BCUT2D eigenvalue weighted by Gasteiger charge is -2.23. The highest BCUT2D eigenvalue weighted by Gasteiger charge is 2.16.